The Balaban J connectivity index is 2.20. The standard InChI is InChI=1S/C29H44O8/c1-14-12-22(37-27(34)15(2)17(4)30)25-26(36-19(6)32)24-16(3)21(35-18(5)31)10-11-29(24,9)13-20(33)23(14)28(25,7)8/h15,17,20-22,24-26,30,33H,3,10-13H2,1-2,4-9H3. The number of esters is 3. The summed E-state index contributed by atoms with van der Waals surface area (Å²) >= 11 is 0. The highest BCUT2D eigenvalue weighted by Gasteiger charge is 2.60. The van der Waals surface area contributed by atoms with Crippen molar-refractivity contribution in [3.63, 3.8) is 0 Å². The lowest BCUT2D eigenvalue weighted by molar-refractivity contribution is -0.187. The van der Waals surface area contributed by atoms with Crippen LogP contribution >= 0.6 is 0 Å². The molecule has 9 atom stereocenters. The van der Waals surface area contributed by atoms with Crippen LogP contribution < -0.4 is 0 Å². The van der Waals surface area contributed by atoms with Crippen molar-refractivity contribution < 1.29 is 38.8 Å². The number of aliphatic hydroxyl groups excluding tert-OH is 2. The monoisotopic (exact) mass is 520 g/mol. The van der Waals surface area contributed by atoms with Gasteiger partial charge >= 0.3 is 17.9 Å². The number of hydrogen-bond donors (Lipinski definition) is 2. The average molecular weight is 521 g/mol. The molecule has 0 heterocycles. The van der Waals surface area contributed by atoms with Crippen LogP contribution in [0.3, 0.4) is 0 Å². The van der Waals surface area contributed by atoms with Gasteiger partial charge in [-0.15, -0.1) is 0 Å². The van der Waals surface area contributed by atoms with Crippen LogP contribution in [0, 0.1) is 28.6 Å². The fourth-order valence-electron chi connectivity index (χ4n) is 7.34. The van der Waals surface area contributed by atoms with Gasteiger partial charge in [-0.05, 0) is 62.0 Å². The maximum Gasteiger partial charge on any atom is 0.311 e. The van der Waals surface area contributed by atoms with Crippen LogP contribution in [0.1, 0.15) is 81.1 Å². The van der Waals surface area contributed by atoms with Crippen molar-refractivity contribution in [1.82, 2.24) is 0 Å². The maximum absolute atomic E-state index is 13.0. The highest BCUT2D eigenvalue weighted by molar-refractivity contribution is 5.73. The van der Waals surface area contributed by atoms with Crippen LogP contribution in [0.4, 0.5) is 0 Å². The number of aliphatic hydroxyl groups is 2. The third kappa shape index (κ3) is 5.51. The van der Waals surface area contributed by atoms with Gasteiger partial charge in [0.1, 0.15) is 18.3 Å². The van der Waals surface area contributed by atoms with E-state index in [9.17, 15) is 24.6 Å². The summed E-state index contributed by atoms with van der Waals surface area (Å²) in [7, 11) is 0. The van der Waals surface area contributed by atoms with Crippen LogP contribution in [-0.4, -0.2) is 58.6 Å². The zero-order chi connectivity index (χ0) is 28.0. The van der Waals surface area contributed by atoms with E-state index in [1.54, 1.807) is 13.8 Å². The molecule has 0 aromatic carbocycles. The molecule has 2 fully saturated rings. The number of carbonyl (C=O) groups excluding carboxylic acids is 3. The van der Waals surface area contributed by atoms with Crippen LogP contribution in [0.2, 0.25) is 0 Å². The molecule has 3 aliphatic rings. The lowest BCUT2D eigenvalue weighted by Crippen LogP contribution is -2.60. The van der Waals surface area contributed by atoms with Crippen molar-refractivity contribution in [1.29, 1.82) is 0 Å². The molecule has 0 aromatic heterocycles. The van der Waals surface area contributed by atoms with Gasteiger partial charge in [0, 0.05) is 32.1 Å². The Morgan fingerprint density at radius 2 is 1.65 bits per heavy atom. The topological polar surface area (TPSA) is 119 Å². The van der Waals surface area contributed by atoms with E-state index in [4.69, 9.17) is 14.2 Å². The summed E-state index contributed by atoms with van der Waals surface area (Å²) in [4.78, 5) is 37.4. The van der Waals surface area contributed by atoms with E-state index >= 15 is 0 Å². The van der Waals surface area contributed by atoms with Gasteiger partial charge in [-0.3, -0.25) is 14.4 Å². The summed E-state index contributed by atoms with van der Waals surface area (Å²) in [5, 5.41) is 21.6. The molecule has 0 aromatic rings. The summed E-state index contributed by atoms with van der Waals surface area (Å²) in [6, 6.07) is 0. The molecule has 9 unspecified atom stereocenters. The first-order chi connectivity index (χ1) is 17.0. The number of carbonyl (C=O) groups is 3. The predicted octanol–water partition coefficient (Wildman–Crippen LogP) is 3.88. The maximum atomic E-state index is 13.0. The lowest BCUT2D eigenvalue weighted by Gasteiger charge is -2.58. The molecule has 2 saturated carbocycles. The van der Waals surface area contributed by atoms with Crippen LogP contribution in [0.15, 0.2) is 23.3 Å². The van der Waals surface area contributed by atoms with E-state index < -0.39 is 77.0 Å². The third-order valence-electron chi connectivity index (χ3n) is 9.09. The first-order valence-electron chi connectivity index (χ1n) is 13.3. The second kappa shape index (κ2) is 10.5. The SMILES string of the molecule is C=C1C(OC(C)=O)CCC2(C)CC(O)C3=C(C)CC(OC(=O)C(C)C(C)O)C(C(OC(C)=O)C12)C3(C)C. The average Bonchev–Trinajstić information content (AvgIpc) is 2.72. The molecule has 0 amide bonds. The highest BCUT2D eigenvalue weighted by atomic mass is 16.6. The number of ether oxygens (including phenoxy) is 3. The molecule has 0 saturated heterocycles. The van der Waals surface area contributed by atoms with Gasteiger partial charge < -0.3 is 24.4 Å². The van der Waals surface area contributed by atoms with Gasteiger partial charge in [0.15, 0.2) is 0 Å². The van der Waals surface area contributed by atoms with Crippen LogP contribution in [0.25, 0.3) is 0 Å². The van der Waals surface area contributed by atoms with E-state index in [0.717, 1.165) is 11.1 Å². The quantitative estimate of drug-likeness (QED) is 0.318. The van der Waals surface area contributed by atoms with Crippen molar-refractivity contribution in [3.05, 3.63) is 23.3 Å². The van der Waals surface area contributed by atoms with Crippen molar-refractivity contribution in [3.8, 4) is 0 Å². The fraction of sp³-hybridized carbons (Fsp3) is 0.759. The zero-order valence-electron chi connectivity index (χ0n) is 23.5. The molecule has 37 heavy (non-hydrogen) atoms. The van der Waals surface area contributed by atoms with Gasteiger partial charge in [-0.25, -0.2) is 0 Å². The molecule has 0 radical (unpaired) electrons. The summed E-state index contributed by atoms with van der Waals surface area (Å²) in [5.41, 5.74) is 1.28. The molecule has 3 rings (SSSR count). The second-order valence-electron chi connectivity index (χ2n) is 12.3. The van der Waals surface area contributed by atoms with E-state index in [1.807, 2.05) is 20.8 Å². The van der Waals surface area contributed by atoms with E-state index in [0.29, 0.717) is 31.3 Å². The summed E-state index contributed by atoms with van der Waals surface area (Å²) < 4.78 is 17.8. The Labute approximate surface area is 220 Å². The normalized spacial score (nSPS) is 36.9. The van der Waals surface area contributed by atoms with Crippen LogP contribution in [-0.2, 0) is 28.6 Å². The Kier molecular flexibility index (Phi) is 8.35. The van der Waals surface area contributed by atoms with Crippen molar-refractivity contribution >= 4 is 17.9 Å². The molecule has 3 aliphatic carbocycles. The Morgan fingerprint density at radius 3 is 2.19 bits per heavy atom. The van der Waals surface area contributed by atoms with Crippen molar-refractivity contribution in [2.75, 3.05) is 0 Å². The smallest absolute Gasteiger partial charge is 0.311 e. The second-order valence-corrected chi connectivity index (χ2v) is 12.3. The molecule has 2 bridgehead atoms. The first kappa shape index (κ1) is 29.4. The molecule has 208 valence electrons. The van der Waals surface area contributed by atoms with Gasteiger partial charge in [0.05, 0.1) is 18.1 Å². The van der Waals surface area contributed by atoms with Gasteiger partial charge in [-0.2, -0.15) is 0 Å². The molecule has 2 N–H and O–H groups in total. The molecule has 8 nitrogen and oxygen atoms in total. The number of rotatable bonds is 5. The fourth-order valence-corrected chi connectivity index (χ4v) is 7.34. The van der Waals surface area contributed by atoms with Gasteiger partial charge in [0.2, 0.25) is 0 Å². The lowest BCUT2D eigenvalue weighted by atomic mass is 9.50. The number of fused-ring (bicyclic) bond motifs is 3. The Bertz CT molecular complexity index is 978. The summed E-state index contributed by atoms with van der Waals surface area (Å²) in [6.45, 7) is 18.2. The minimum atomic E-state index is -0.884. The van der Waals surface area contributed by atoms with E-state index in [1.165, 1.54) is 13.8 Å². The molecule has 8 heteroatoms. The molecule has 0 spiro atoms. The highest BCUT2D eigenvalue weighted by Crippen LogP contribution is 2.60. The van der Waals surface area contributed by atoms with Crippen LogP contribution in [0.5, 0.6) is 0 Å². The molecular formula is C29H44O8. The first-order valence-corrected chi connectivity index (χ1v) is 13.3. The van der Waals surface area contributed by atoms with E-state index in [-0.39, 0.29) is 0 Å². The predicted molar refractivity (Wildman–Crippen MR) is 137 cm³/mol. The zero-order valence-corrected chi connectivity index (χ0v) is 23.5. The Hall–Kier alpha value is -2.19. The molecular weight excluding hydrogens is 476 g/mol. The number of hydrogen-bond acceptors (Lipinski definition) is 8. The van der Waals surface area contributed by atoms with E-state index in [2.05, 4.69) is 13.5 Å². The van der Waals surface area contributed by atoms with Crippen molar-refractivity contribution in [2.24, 2.45) is 28.6 Å². The largest absolute Gasteiger partial charge is 0.461 e. The summed E-state index contributed by atoms with van der Waals surface area (Å²) in [5.74, 6) is -3.09. The van der Waals surface area contributed by atoms with Gasteiger partial charge in [0.25, 0.3) is 0 Å². The Morgan fingerprint density at radius 1 is 1.05 bits per heavy atom. The molecule has 0 aliphatic heterocycles. The van der Waals surface area contributed by atoms with Gasteiger partial charge in [-0.1, -0.05) is 32.9 Å². The minimum absolute atomic E-state index is 0.375. The minimum Gasteiger partial charge on any atom is -0.461 e. The third-order valence-corrected chi connectivity index (χ3v) is 9.09. The van der Waals surface area contributed by atoms with Crippen molar-refractivity contribution in [2.45, 2.75) is 112 Å². The summed E-state index contributed by atoms with van der Waals surface area (Å²) in [6.07, 6.45) is -1.56.